The Morgan fingerprint density at radius 3 is 2.93 bits per heavy atom. The van der Waals surface area contributed by atoms with Crippen LogP contribution in [0.15, 0.2) is 12.1 Å². The molecular weight excluding hydrogens is 184 g/mol. The predicted octanol–water partition coefficient (Wildman–Crippen LogP) is 1.05. The van der Waals surface area contributed by atoms with Crippen molar-refractivity contribution < 1.29 is 19.7 Å². The van der Waals surface area contributed by atoms with E-state index in [0.29, 0.717) is 29.9 Å². The summed E-state index contributed by atoms with van der Waals surface area (Å²) >= 11 is 0. The lowest BCUT2D eigenvalue weighted by Gasteiger charge is -2.06. The van der Waals surface area contributed by atoms with Crippen molar-refractivity contribution in [2.45, 2.75) is 12.8 Å². The van der Waals surface area contributed by atoms with Gasteiger partial charge in [0.15, 0.2) is 11.5 Å². The first-order chi connectivity index (χ1) is 6.83. The summed E-state index contributed by atoms with van der Waals surface area (Å²) in [5, 5.41) is 18.3. The molecule has 1 aliphatic heterocycles. The van der Waals surface area contributed by atoms with Crippen LogP contribution in [-0.2, 0) is 6.42 Å². The minimum Gasteiger partial charge on any atom is -0.508 e. The van der Waals surface area contributed by atoms with Gasteiger partial charge in [0.05, 0.1) is 0 Å². The Labute approximate surface area is 81.7 Å². The standard InChI is InChI=1S/C10H12O4/c11-5-1-2-7-8(12)3-4-9-10(7)14-6-13-9/h3-4,11-12H,1-2,5-6H2. The fourth-order valence-electron chi connectivity index (χ4n) is 1.52. The maximum absolute atomic E-state index is 9.58. The normalized spacial score (nSPS) is 13.2. The molecule has 2 rings (SSSR count). The number of hydrogen-bond acceptors (Lipinski definition) is 4. The molecule has 0 saturated carbocycles. The molecule has 0 amide bonds. The molecule has 0 bridgehead atoms. The predicted molar refractivity (Wildman–Crippen MR) is 49.6 cm³/mol. The fourth-order valence-corrected chi connectivity index (χ4v) is 1.52. The van der Waals surface area contributed by atoms with E-state index in [1.165, 1.54) is 0 Å². The first-order valence-electron chi connectivity index (χ1n) is 4.54. The minimum atomic E-state index is 0.101. The molecule has 0 saturated heterocycles. The van der Waals surface area contributed by atoms with Gasteiger partial charge in [-0.25, -0.2) is 0 Å². The summed E-state index contributed by atoms with van der Waals surface area (Å²) in [6.45, 7) is 0.300. The van der Waals surface area contributed by atoms with Crippen LogP contribution < -0.4 is 9.47 Å². The van der Waals surface area contributed by atoms with E-state index in [1.807, 2.05) is 0 Å². The van der Waals surface area contributed by atoms with Crippen LogP contribution in [0.5, 0.6) is 17.2 Å². The molecule has 0 atom stereocenters. The third-order valence-electron chi connectivity index (χ3n) is 2.20. The van der Waals surface area contributed by atoms with Gasteiger partial charge in [-0.1, -0.05) is 0 Å². The van der Waals surface area contributed by atoms with Crippen molar-refractivity contribution in [2.24, 2.45) is 0 Å². The van der Waals surface area contributed by atoms with Crippen molar-refractivity contribution in [3.63, 3.8) is 0 Å². The van der Waals surface area contributed by atoms with E-state index in [1.54, 1.807) is 12.1 Å². The SMILES string of the molecule is OCCCc1c(O)ccc2c1OCO2. The molecule has 4 nitrogen and oxygen atoms in total. The van der Waals surface area contributed by atoms with Gasteiger partial charge in [-0.15, -0.1) is 0 Å². The molecule has 76 valence electrons. The zero-order chi connectivity index (χ0) is 9.97. The molecule has 0 fully saturated rings. The maximum Gasteiger partial charge on any atom is 0.231 e. The number of benzene rings is 1. The summed E-state index contributed by atoms with van der Waals surface area (Å²) in [6, 6.07) is 3.26. The lowest BCUT2D eigenvalue weighted by molar-refractivity contribution is 0.173. The van der Waals surface area contributed by atoms with Gasteiger partial charge < -0.3 is 19.7 Å². The molecule has 1 aliphatic rings. The second kappa shape index (κ2) is 3.75. The van der Waals surface area contributed by atoms with E-state index in [2.05, 4.69) is 0 Å². The van der Waals surface area contributed by atoms with Crippen LogP contribution in [0.3, 0.4) is 0 Å². The number of hydrogen-bond donors (Lipinski definition) is 2. The smallest absolute Gasteiger partial charge is 0.231 e. The van der Waals surface area contributed by atoms with E-state index in [4.69, 9.17) is 14.6 Å². The van der Waals surface area contributed by atoms with Crippen molar-refractivity contribution in [3.8, 4) is 17.2 Å². The Kier molecular flexibility index (Phi) is 2.45. The van der Waals surface area contributed by atoms with E-state index >= 15 is 0 Å². The number of rotatable bonds is 3. The monoisotopic (exact) mass is 196 g/mol. The highest BCUT2D eigenvalue weighted by Crippen LogP contribution is 2.40. The third-order valence-corrected chi connectivity index (χ3v) is 2.20. The second-order valence-electron chi connectivity index (χ2n) is 3.12. The fraction of sp³-hybridized carbons (Fsp3) is 0.400. The molecule has 1 heterocycles. The molecule has 0 aliphatic carbocycles. The van der Waals surface area contributed by atoms with Crippen molar-refractivity contribution in [2.75, 3.05) is 13.4 Å². The van der Waals surface area contributed by atoms with Gasteiger partial charge >= 0.3 is 0 Å². The van der Waals surface area contributed by atoms with Crippen molar-refractivity contribution >= 4 is 0 Å². The maximum atomic E-state index is 9.58. The van der Waals surface area contributed by atoms with Crippen LogP contribution in [0.2, 0.25) is 0 Å². The van der Waals surface area contributed by atoms with Crippen LogP contribution in [-0.4, -0.2) is 23.6 Å². The van der Waals surface area contributed by atoms with E-state index in [9.17, 15) is 5.11 Å². The van der Waals surface area contributed by atoms with Gasteiger partial charge in [-0.05, 0) is 25.0 Å². The first kappa shape index (κ1) is 9.15. The number of ether oxygens (including phenoxy) is 2. The Morgan fingerprint density at radius 2 is 2.14 bits per heavy atom. The number of fused-ring (bicyclic) bond motifs is 1. The first-order valence-corrected chi connectivity index (χ1v) is 4.54. The molecule has 2 N–H and O–H groups in total. The van der Waals surface area contributed by atoms with E-state index in [-0.39, 0.29) is 19.1 Å². The van der Waals surface area contributed by atoms with E-state index in [0.717, 1.165) is 0 Å². The van der Waals surface area contributed by atoms with Gasteiger partial charge in [-0.3, -0.25) is 0 Å². The Hall–Kier alpha value is -1.42. The summed E-state index contributed by atoms with van der Waals surface area (Å²) in [4.78, 5) is 0. The molecule has 14 heavy (non-hydrogen) atoms. The van der Waals surface area contributed by atoms with Crippen LogP contribution in [0, 0.1) is 0 Å². The molecule has 0 unspecified atom stereocenters. The van der Waals surface area contributed by atoms with Crippen LogP contribution in [0.25, 0.3) is 0 Å². The quantitative estimate of drug-likeness (QED) is 0.758. The number of phenols is 1. The summed E-state index contributed by atoms with van der Waals surface area (Å²) in [7, 11) is 0. The van der Waals surface area contributed by atoms with Crippen molar-refractivity contribution in [1.29, 1.82) is 0 Å². The van der Waals surface area contributed by atoms with Crippen molar-refractivity contribution in [3.05, 3.63) is 17.7 Å². The molecular formula is C10H12O4. The molecule has 1 aromatic carbocycles. The lowest BCUT2D eigenvalue weighted by atomic mass is 10.1. The molecule has 0 spiro atoms. The average Bonchev–Trinajstić information content (AvgIpc) is 2.64. The van der Waals surface area contributed by atoms with Gasteiger partial charge in [0, 0.05) is 12.2 Å². The van der Waals surface area contributed by atoms with Crippen LogP contribution in [0.1, 0.15) is 12.0 Å². The zero-order valence-electron chi connectivity index (χ0n) is 7.69. The number of aromatic hydroxyl groups is 1. The van der Waals surface area contributed by atoms with Gasteiger partial charge in [0.25, 0.3) is 0 Å². The number of aliphatic hydroxyl groups is 1. The van der Waals surface area contributed by atoms with Crippen molar-refractivity contribution in [1.82, 2.24) is 0 Å². The van der Waals surface area contributed by atoms with Crippen LogP contribution >= 0.6 is 0 Å². The molecule has 4 heteroatoms. The van der Waals surface area contributed by atoms with Gasteiger partial charge in [0.1, 0.15) is 5.75 Å². The zero-order valence-corrected chi connectivity index (χ0v) is 7.69. The Bertz CT molecular complexity index is 335. The second-order valence-corrected chi connectivity index (χ2v) is 3.12. The highest BCUT2D eigenvalue weighted by molar-refractivity contribution is 5.54. The van der Waals surface area contributed by atoms with E-state index < -0.39 is 0 Å². The minimum absolute atomic E-state index is 0.101. The largest absolute Gasteiger partial charge is 0.508 e. The Balaban J connectivity index is 2.31. The lowest BCUT2D eigenvalue weighted by Crippen LogP contribution is -1.95. The third kappa shape index (κ3) is 1.48. The molecule has 1 aromatic rings. The number of phenolic OH excluding ortho intramolecular Hbond substituents is 1. The highest BCUT2D eigenvalue weighted by Gasteiger charge is 2.20. The molecule has 0 radical (unpaired) electrons. The number of aliphatic hydroxyl groups excluding tert-OH is 1. The summed E-state index contributed by atoms with van der Waals surface area (Å²) in [5.74, 6) is 1.47. The summed E-state index contributed by atoms with van der Waals surface area (Å²) in [5.41, 5.74) is 0.717. The topological polar surface area (TPSA) is 58.9 Å². The Morgan fingerprint density at radius 1 is 1.29 bits per heavy atom. The highest BCUT2D eigenvalue weighted by atomic mass is 16.7. The summed E-state index contributed by atoms with van der Waals surface area (Å²) < 4.78 is 10.4. The van der Waals surface area contributed by atoms with Gasteiger partial charge in [-0.2, -0.15) is 0 Å². The summed E-state index contributed by atoms with van der Waals surface area (Å²) in [6.07, 6.45) is 1.20. The van der Waals surface area contributed by atoms with Crippen LogP contribution in [0.4, 0.5) is 0 Å². The van der Waals surface area contributed by atoms with Gasteiger partial charge in [0.2, 0.25) is 6.79 Å². The molecule has 0 aromatic heterocycles. The average molecular weight is 196 g/mol.